The van der Waals surface area contributed by atoms with Gasteiger partial charge in [0.2, 0.25) is 5.91 Å². The number of benzene rings is 2. The molecule has 2 aliphatic heterocycles. The van der Waals surface area contributed by atoms with Gasteiger partial charge in [-0.25, -0.2) is 0 Å². The first kappa shape index (κ1) is 14.3. The maximum atomic E-state index is 13.1. The zero-order valence-corrected chi connectivity index (χ0v) is 13.1. The Balaban J connectivity index is 1.70. The Morgan fingerprint density at radius 2 is 1.70 bits per heavy atom. The molecule has 116 valence electrons. The number of hydrogen-bond donors (Lipinski definition) is 1. The van der Waals surface area contributed by atoms with Crippen molar-refractivity contribution in [3.8, 4) is 0 Å². The summed E-state index contributed by atoms with van der Waals surface area (Å²) >= 11 is 1.69. The molecule has 23 heavy (non-hydrogen) atoms. The highest BCUT2D eigenvalue weighted by molar-refractivity contribution is 7.99. The molecule has 0 bridgehead atoms. The van der Waals surface area contributed by atoms with Gasteiger partial charge in [-0.15, -0.1) is 11.8 Å². The van der Waals surface area contributed by atoms with Gasteiger partial charge >= 0.3 is 5.97 Å². The first-order chi connectivity index (χ1) is 11.2. The lowest BCUT2D eigenvalue weighted by molar-refractivity contribution is -0.138. The molecular weight excluding hydrogens is 310 g/mol. The quantitative estimate of drug-likeness (QED) is 0.922. The SMILES string of the molecule is O=C(O)[C@@H]1CN(C(=O)[C@H]2CSc3ccccc32)c2ccccc21. The predicted molar refractivity (Wildman–Crippen MR) is 89.1 cm³/mol. The number of anilines is 1. The average Bonchev–Trinajstić information content (AvgIpc) is 3.16. The fourth-order valence-electron chi connectivity index (χ4n) is 3.38. The minimum absolute atomic E-state index is 0.00125. The van der Waals surface area contributed by atoms with Crippen LogP contribution in [-0.4, -0.2) is 29.3 Å². The van der Waals surface area contributed by atoms with Crippen LogP contribution in [0.4, 0.5) is 5.69 Å². The van der Waals surface area contributed by atoms with E-state index in [0.717, 1.165) is 21.7 Å². The van der Waals surface area contributed by atoms with Crippen LogP contribution in [0.15, 0.2) is 53.4 Å². The van der Waals surface area contributed by atoms with Gasteiger partial charge in [0.25, 0.3) is 0 Å². The second-order valence-corrected chi connectivity index (χ2v) is 6.86. The molecule has 0 fully saturated rings. The third-order valence-corrected chi connectivity index (χ3v) is 5.71. The molecule has 0 radical (unpaired) electrons. The van der Waals surface area contributed by atoms with Crippen molar-refractivity contribution in [1.82, 2.24) is 0 Å². The zero-order valence-electron chi connectivity index (χ0n) is 12.3. The van der Waals surface area contributed by atoms with Gasteiger partial charge in [-0.1, -0.05) is 36.4 Å². The molecule has 0 unspecified atom stereocenters. The molecule has 2 aliphatic rings. The zero-order chi connectivity index (χ0) is 16.0. The Labute approximate surface area is 138 Å². The van der Waals surface area contributed by atoms with Crippen molar-refractivity contribution in [2.75, 3.05) is 17.2 Å². The van der Waals surface area contributed by atoms with E-state index in [-0.39, 0.29) is 18.4 Å². The van der Waals surface area contributed by atoms with Gasteiger partial charge in [0, 0.05) is 22.9 Å². The Bertz CT molecular complexity index is 804. The van der Waals surface area contributed by atoms with E-state index in [9.17, 15) is 14.7 Å². The van der Waals surface area contributed by atoms with Crippen LogP contribution >= 0.6 is 11.8 Å². The highest BCUT2D eigenvalue weighted by Crippen LogP contribution is 2.43. The smallest absolute Gasteiger partial charge is 0.312 e. The van der Waals surface area contributed by atoms with E-state index < -0.39 is 11.9 Å². The number of thioether (sulfide) groups is 1. The Morgan fingerprint density at radius 3 is 2.48 bits per heavy atom. The van der Waals surface area contributed by atoms with Crippen LogP contribution in [0, 0.1) is 0 Å². The molecule has 2 aromatic carbocycles. The van der Waals surface area contributed by atoms with Gasteiger partial charge < -0.3 is 10.0 Å². The molecule has 0 aromatic heterocycles. The third-order valence-electron chi connectivity index (χ3n) is 4.53. The molecule has 4 nitrogen and oxygen atoms in total. The number of aliphatic carboxylic acids is 1. The van der Waals surface area contributed by atoms with Crippen LogP contribution in [0.25, 0.3) is 0 Å². The average molecular weight is 325 g/mol. The van der Waals surface area contributed by atoms with Crippen molar-refractivity contribution in [1.29, 1.82) is 0 Å². The predicted octanol–water partition coefficient (Wildman–Crippen LogP) is 3.09. The van der Waals surface area contributed by atoms with Crippen molar-refractivity contribution < 1.29 is 14.7 Å². The molecular formula is C18H15NO3S. The first-order valence-electron chi connectivity index (χ1n) is 7.51. The molecule has 5 heteroatoms. The second-order valence-electron chi connectivity index (χ2n) is 5.80. The van der Waals surface area contributed by atoms with Crippen molar-refractivity contribution in [2.24, 2.45) is 0 Å². The van der Waals surface area contributed by atoms with Gasteiger partial charge in [-0.2, -0.15) is 0 Å². The maximum Gasteiger partial charge on any atom is 0.312 e. The van der Waals surface area contributed by atoms with Crippen LogP contribution in [0.5, 0.6) is 0 Å². The van der Waals surface area contributed by atoms with Gasteiger partial charge in [-0.05, 0) is 23.3 Å². The standard InChI is InChI=1S/C18H15NO3S/c20-17(14-10-23-16-8-4-2-6-12(14)16)19-9-13(18(21)22)11-5-1-3-7-15(11)19/h1-8,13-14H,9-10H2,(H,21,22)/t13-,14+/m1/s1. The number of para-hydroxylation sites is 1. The Hall–Kier alpha value is -2.27. The summed E-state index contributed by atoms with van der Waals surface area (Å²) in [6.45, 7) is 0.219. The Morgan fingerprint density at radius 1 is 1.00 bits per heavy atom. The molecule has 0 saturated carbocycles. The fourth-order valence-corrected chi connectivity index (χ4v) is 4.60. The second kappa shape index (κ2) is 5.42. The number of amides is 1. The number of nitrogens with zero attached hydrogens (tertiary/aromatic N) is 1. The fraction of sp³-hybridized carbons (Fsp3) is 0.222. The van der Waals surface area contributed by atoms with E-state index in [4.69, 9.17) is 0 Å². The minimum atomic E-state index is -0.881. The van der Waals surface area contributed by atoms with Crippen LogP contribution in [-0.2, 0) is 9.59 Å². The maximum absolute atomic E-state index is 13.1. The summed E-state index contributed by atoms with van der Waals surface area (Å²) in [5.74, 6) is -1.00. The lowest BCUT2D eigenvalue weighted by Crippen LogP contribution is -2.35. The normalized spacial score (nSPS) is 21.8. The van der Waals surface area contributed by atoms with E-state index in [2.05, 4.69) is 0 Å². The lowest BCUT2D eigenvalue weighted by Gasteiger charge is -2.21. The van der Waals surface area contributed by atoms with Gasteiger partial charge in [0.15, 0.2) is 0 Å². The summed E-state index contributed by atoms with van der Waals surface area (Å²) in [5.41, 5.74) is 2.52. The lowest BCUT2D eigenvalue weighted by atomic mass is 10.00. The van der Waals surface area contributed by atoms with Gasteiger partial charge in [0.1, 0.15) is 5.92 Å². The molecule has 2 aromatic rings. The molecule has 1 amide bonds. The van der Waals surface area contributed by atoms with E-state index in [1.165, 1.54) is 0 Å². The topological polar surface area (TPSA) is 57.6 Å². The summed E-state index contributed by atoms with van der Waals surface area (Å²) in [4.78, 5) is 27.4. The van der Waals surface area contributed by atoms with E-state index in [1.807, 2.05) is 42.5 Å². The third kappa shape index (κ3) is 2.23. The molecule has 0 saturated heterocycles. The summed E-state index contributed by atoms with van der Waals surface area (Å²) < 4.78 is 0. The van der Waals surface area contributed by atoms with E-state index in [0.29, 0.717) is 5.75 Å². The number of carbonyl (C=O) groups excluding carboxylic acids is 1. The number of carbonyl (C=O) groups is 2. The Kier molecular flexibility index (Phi) is 3.38. The minimum Gasteiger partial charge on any atom is -0.481 e. The summed E-state index contributed by atoms with van der Waals surface area (Å²) in [5, 5.41) is 9.44. The van der Waals surface area contributed by atoms with Crippen LogP contribution < -0.4 is 4.90 Å². The summed E-state index contributed by atoms with van der Waals surface area (Å²) in [6.07, 6.45) is 0. The van der Waals surface area contributed by atoms with Gasteiger partial charge in [-0.3, -0.25) is 9.59 Å². The largest absolute Gasteiger partial charge is 0.481 e. The number of fused-ring (bicyclic) bond motifs is 2. The molecule has 0 spiro atoms. The summed E-state index contributed by atoms with van der Waals surface area (Å²) in [7, 11) is 0. The summed E-state index contributed by atoms with van der Waals surface area (Å²) in [6, 6.07) is 15.3. The highest BCUT2D eigenvalue weighted by Gasteiger charge is 2.40. The van der Waals surface area contributed by atoms with Crippen molar-refractivity contribution >= 4 is 29.3 Å². The van der Waals surface area contributed by atoms with Crippen LogP contribution in [0.1, 0.15) is 23.0 Å². The van der Waals surface area contributed by atoms with Crippen LogP contribution in [0.3, 0.4) is 0 Å². The number of carboxylic acid groups (broad SMARTS) is 1. The monoisotopic (exact) mass is 325 g/mol. The molecule has 2 atom stereocenters. The van der Waals surface area contributed by atoms with Crippen LogP contribution in [0.2, 0.25) is 0 Å². The van der Waals surface area contributed by atoms with Crippen molar-refractivity contribution in [2.45, 2.75) is 16.7 Å². The number of rotatable bonds is 2. The first-order valence-corrected chi connectivity index (χ1v) is 8.50. The van der Waals surface area contributed by atoms with Crippen molar-refractivity contribution in [3.05, 3.63) is 59.7 Å². The number of hydrogen-bond acceptors (Lipinski definition) is 3. The molecule has 0 aliphatic carbocycles. The molecule has 2 heterocycles. The molecule has 4 rings (SSSR count). The van der Waals surface area contributed by atoms with Crippen molar-refractivity contribution in [3.63, 3.8) is 0 Å². The molecule has 1 N–H and O–H groups in total. The highest BCUT2D eigenvalue weighted by atomic mass is 32.2. The van der Waals surface area contributed by atoms with E-state index in [1.54, 1.807) is 22.7 Å². The number of carboxylic acids is 1. The van der Waals surface area contributed by atoms with Gasteiger partial charge in [0.05, 0.1) is 5.92 Å². The van der Waals surface area contributed by atoms with E-state index >= 15 is 0 Å².